The van der Waals surface area contributed by atoms with Crippen LogP contribution in [0, 0.1) is 12.7 Å². The molecule has 0 spiro atoms. The van der Waals surface area contributed by atoms with Crippen LogP contribution in [-0.4, -0.2) is 6.29 Å². The van der Waals surface area contributed by atoms with Gasteiger partial charge in [0.15, 0.2) is 0 Å². The molecule has 1 aromatic carbocycles. The normalized spacial score (nSPS) is 12.6. The van der Waals surface area contributed by atoms with Gasteiger partial charge in [-0.25, -0.2) is 4.39 Å². The number of aldehydes is 1. The van der Waals surface area contributed by atoms with Gasteiger partial charge >= 0.3 is 0 Å². The predicted molar refractivity (Wildman–Crippen MR) is 48.9 cm³/mol. The van der Waals surface area contributed by atoms with Crippen molar-refractivity contribution in [3.8, 4) is 0 Å². The molecule has 1 nitrogen and oxygen atoms in total. The molecule has 1 unspecified atom stereocenters. The van der Waals surface area contributed by atoms with Crippen LogP contribution in [0.1, 0.15) is 16.0 Å². The van der Waals surface area contributed by atoms with E-state index in [9.17, 15) is 9.18 Å². The van der Waals surface area contributed by atoms with Gasteiger partial charge in [-0.2, -0.15) is 0 Å². The van der Waals surface area contributed by atoms with Crippen molar-refractivity contribution in [3.05, 3.63) is 35.1 Å². The molecule has 1 aromatic rings. The van der Waals surface area contributed by atoms with Crippen molar-refractivity contribution in [1.29, 1.82) is 0 Å². The largest absolute Gasteiger partial charge is 0.302 e. The Morgan fingerprint density at radius 3 is 2.83 bits per heavy atom. The summed E-state index contributed by atoms with van der Waals surface area (Å²) < 4.78 is 12.7. The molecule has 1 atom stereocenters. The van der Waals surface area contributed by atoms with Crippen LogP contribution in [0.5, 0.6) is 0 Å². The maximum absolute atomic E-state index is 12.7. The number of halogens is 2. The first-order valence-electron chi connectivity index (χ1n) is 3.50. The van der Waals surface area contributed by atoms with Gasteiger partial charge in [0.05, 0.1) is 4.83 Å². The summed E-state index contributed by atoms with van der Waals surface area (Å²) in [5.74, 6) is -0.318. The summed E-state index contributed by atoms with van der Waals surface area (Å²) in [7, 11) is 0. The van der Waals surface area contributed by atoms with Crippen LogP contribution >= 0.6 is 15.9 Å². The van der Waals surface area contributed by atoms with Crippen molar-refractivity contribution in [3.63, 3.8) is 0 Å². The standard InChI is InChI=1S/C9H8BrFO/c1-6-2-3-7(11)4-8(6)9(10)5-12/h2-5,9H,1H3. The van der Waals surface area contributed by atoms with Crippen LogP contribution in [0.4, 0.5) is 4.39 Å². The molecule has 0 N–H and O–H groups in total. The molecule has 3 heteroatoms. The minimum absolute atomic E-state index is 0.318. The van der Waals surface area contributed by atoms with Gasteiger partial charge in [0, 0.05) is 0 Å². The maximum atomic E-state index is 12.7. The van der Waals surface area contributed by atoms with E-state index < -0.39 is 4.83 Å². The van der Waals surface area contributed by atoms with Gasteiger partial charge in [-0.15, -0.1) is 0 Å². The Morgan fingerprint density at radius 1 is 1.58 bits per heavy atom. The first-order chi connectivity index (χ1) is 5.65. The van der Waals surface area contributed by atoms with Crippen LogP contribution in [0.3, 0.4) is 0 Å². The van der Waals surface area contributed by atoms with Crippen molar-refractivity contribution in [1.82, 2.24) is 0 Å². The fraction of sp³-hybridized carbons (Fsp3) is 0.222. The van der Waals surface area contributed by atoms with E-state index in [0.717, 1.165) is 11.8 Å². The van der Waals surface area contributed by atoms with Crippen LogP contribution in [0.15, 0.2) is 18.2 Å². The summed E-state index contributed by atoms with van der Waals surface area (Å²) in [4.78, 5) is 9.99. The Morgan fingerprint density at radius 2 is 2.25 bits per heavy atom. The van der Waals surface area contributed by atoms with Gasteiger partial charge in [-0.3, -0.25) is 0 Å². The van der Waals surface area contributed by atoms with E-state index in [0.29, 0.717) is 5.56 Å². The summed E-state index contributed by atoms with van der Waals surface area (Å²) >= 11 is 3.14. The molecule has 64 valence electrons. The topological polar surface area (TPSA) is 17.1 Å². The third-order valence-electron chi connectivity index (χ3n) is 1.66. The number of carbonyl (C=O) groups excluding carboxylic acids is 1. The van der Waals surface area contributed by atoms with Crippen LogP contribution in [0.2, 0.25) is 0 Å². The van der Waals surface area contributed by atoms with E-state index in [4.69, 9.17) is 0 Å². The zero-order valence-electron chi connectivity index (χ0n) is 6.55. The molecule has 0 saturated carbocycles. The monoisotopic (exact) mass is 230 g/mol. The zero-order valence-corrected chi connectivity index (χ0v) is 8.14. The van der Waals surface area contributed by atoms with Crippen molar-refractivity contribution < 1.29 is 9.18 Å². The van der Waals surface area contributed by atoms with Gasteiger partial charge < -0.3 is 4.79 Å². The van der Waals surface area contributed by atoms with E-state index in [1.807, 2.05) is 6.92 Å². The van der Waals surface area contributed by atoms with Crippen molar-refractivity contribution in [2.45, 2.75) is 11.8 Å². The van der Waals surface area contributed by atoms with Crippen LogP contribution in [0.25, 0.3) is 0 Å². The van der Waals surface area contributed by atoms with Gasteiger partial charge in [0.1, 0.15) is 12.1 Å². The summed E-state index contributed by atoms with van der Waals surface area (Å²) in [5, 5.41) is 0. The Kier molecular flexibility index (Phi) is 2.98. The molecule has 0 heterocycles. The molecule has 0 aliphatic heterocycles. The Hall–Kier alpha value is -0.700. The number of hydrogen-bond acceptors (Lipinski definition) is 1. The molecule has 0 radical (unpaired) electrons. The highest BCUT2D eigenvalue weighted by Gasteiger charge is 2.09. The van der Waals surface area contributed by atoms with Gasteiger partial charge in [0.2, 0.25) is 0 Å². The zero-order chi connectivity index (χ0) is 9.14. The minimum Gasteiger partial charge on any atom is -0.302 e. The number of carbonyl (C=O) groups is 1. The van der Waals surface area contributed by atoms with Gasteiger partial charge in [0.25, 0.3) is 0 Å². The molecule has 0 amide bonds. The van der Waals surface area contributed by atoms with Crippen molar-refractivity contribution in [2.24, 2.45) is 0 Å². The predicted octanol–water partition coefficient (Wildman–Crippen LogP) is 2.77. The summed E-state index contributed by atoms with van der Waals surface area (Å²) in [6.07, 6.45) is 0.738. The fourth-order valence-electron chi connectivity index (χ4n) is 0.982. The molecule has 0 aliphatic carbocycles. The number of rotatable bonds is 2. The van der Waals surface area contributed by atoms with Crippen molar-refractivity contribution in [2.75, 3.05) is 0 Å². The lowest BCUT2D eigenvalue weighted by Crippen LogP contribution is -1.95. The number of benzene rings is 1. The number of alkyl halides is 1. The Balaban J connectivity index is 3.12. The number of hydrogen-bond donors (Lipinski definition) is 0. The lowest BCUT2D eigenvalue weighted by molar-refractivity contribution is -0.107. The Labute approximate surface area is 78.7 Å². The second-order valence-electron chi connectivity index (χ2n) is 2.54. The summed E-state index contributed by atoms with van der Waals surface area (Å²) in [6.45, 7) is 1.84. The second-order valence-corrected chi connectivity index (χ2v) is 3.53. The minimum atomic E-state index is -0.409. The lowest BCUT2D eigenvalue weighted by atomic mass is 10.1. The van der Waals surface area contributed by atoms with E-state index >= 15 is 0 Å². The van der Waals surface area contributed by atoms with E-state index in [2.05, 4.69) is 15.9 Å². The maximum Gasteiger partial charge on any atom is 0.138 e. The molecule has 0 bridgehead atoms. The first kappa shape index (κ1) is 9.39. The third-order valence-corrected chi connectivity index (χ3v) is 2.37. The van der Waals surface area contributed by atoms with E-state index in [-0.39, 0.29) is 5.82 Å². The molecule has 1 rings (SSSR count). The van der Waals surface area contributed by atoms with Crippen molar-refractivity contribution >= 4 is 22.2 Å². The van der Waals surface area contributed by atoms with Gasteiger partial charge in [-0.05, 0) is 30.2 Å². The number of aryl methyl sites for hydroxylation is 1. The summed E-state index contributed by atoms with van der Waals surface area (Å²) in [6, 6.07) is 4.40. The molecule has 0 aliphatic rings. The summed E-state index contributed by atoms with van der Waals surface area (Å²) in [5.41, 5.74) is 1.59. The average molecular weight is 231 g/mol. The molecular formula is C9H8BrFO. The first-order valence-corrected chi connectivity index (χ1v) is 4.42. The molecular weight excluding hydrogens is 223 g/mol. The quantitative estimate of drug-likeness (QED) is 0.565. The van der Waals surface area contributed by atoms with Crippen LogP contribution < -0.4 is 0 Å². The molecule has 0 saturated heterocycles. The lowest BCUT2D eigenvalue weighted by Gasteiger charge is -2.06. The Bertz CT molecular complexity index is 299. The average Bonchev–Trinajstić information content (AvgIpc) is 2.08. The van der Waals surface area contributed by atoms with Crippen LogP contribution in [-0.2, 0) is 4.79 Å². The fourth-order valence-corrected chi connectivity index (χ4v) is 1.47. The molecule has 0 fully saturated rings. The highest BCUT2D eigenvalue weighted by atomic mass is 79.9. The third kappa shape index (κ3) is 1.91. The molecule has 0 aromatic heterocycles. The second kappa shape index (κ2) is 3.81. The highest BCUT2D eigenvalue weighted by Crippen LogP contribution is 2.24. The van der Waals surface area contributed by atoms with E-state index in [1.165, 1.54) is 12.1 Å². The molecule has 12 heavy (non-hydrogen) atoms. The SMILES string of the molecule is Cc1ccc(F)cc1C(Br)C=O. The van der Waals surface area contributed by atoms with Gasteiger partial charge in [-0.1, -0.05) is 22.0 Å². The van der Waals surface area contributed by atoms with E-state index in [1.54, 1.807) is 6.07 Å². The smallest absolute Gasteiger partial charge is 0.138 e. The highest BCUT2D eigenvalue weighted by molar-refractivity contribution is 9.09.